The van der Waals surface area contributed by atoms with Crippen LogP contribution in [-0.2, 0) is 6.54 Å². The minimum absolute atomic E-state index is 0.0208. The van der Waals surface area contributed by atoms with Crippen LogP contribution in [0.15, 0.2) is 41.3 Å². The Kier molecular flexibility index (Phi) is 4.40. The van der Waals surface area contributed by atoms with Crippen molar-refractivity contribution in [3.05, 3.63) is 52.4 Å². The summed E-state index contributed by atoms with van der Waals surface area (Å²) in [7, 11) is 0. The predicted octanol–water partition coefficient (Wildman–Crippen LogP) is 2.18. The second kappa shape index (κ2) is 7.06. The van der Waals surface area contributed by atoms with E-state index in [1.54, 1.807) is 23.1 Å². The Morgan fingerprint density at radius 3 is 2.79 bits per heavy atom. The Hall–Kier alpha value is -2.65. The third kappa shape index (κ3) is 3.20. The van der Waals surface area contributed by atoms with E-state index < -0.39 is 0 Å². The Morgan fingerprint density at radius 2 is 1.93 bits per heavy atom. The molecule has 2 aliphatic heterocycles. The summed E-state index contributed by atoms with van der Waals surface area (Å²) in [6, 6.07) is 6.05. The highest BCUT2D eigenvalue weighted by atomic mass is 79.9. The van der Waals surface area contributed by atoms with Crippen LogP contribution in [0.5, 0.6) is 11.5 Å². The molecule has 1 fully saturated rings. The van der Waals surface area contributed by atoms with Crippen molar-refractivity contribution in [3.63, 3.8) is 0 Å². The lowest BCUT2D eigenvalue weighted by Gasteiger charge is -2.34. The molecular weight excluding hydrogens is 426 g/mol. The zero-order valence-corrected chi connectivity index (χ0v) is 16.6. The van der Waals surface area contributed by atoms with Gasteiger partial charge in [-0.15, -0.1) is 0 Å². The number of aromatic nitrogens is 3. The molecule has 8 nitrogen and oxygen atoms in total. The van der Waals surface area contributed by atoms with Crippen LogP contribution in [-0.4, -0.2) is 63.3 Å². The highest BCUT2D eigenvalue weighted by Crippen LogP contribution is 2.32. The van der Waals surface area contributed by atoms with Gasteiger partial charge in [0.05, 0.1) is 10.7 Å². The molecule has 1 amide bonds. The van der Waals surface area contributed by atoms with Gasteiger partial charge in [-0.05, 0) is 33.6 Å². The number of fused-ring (bicyclic) bond motifs is 2. The van der Waals surface area contributed by atoms with E-state index >= 15 is 0 Å². The molecule has 0 radical (unpaired) electrons. The summed E-state index contributed by atoms with van der Waals surface area (Å²) in [6.45, 7) is 4.10. The van der Waals surface area contributed by atoms with E-state index in [4.69, 9.17) is 9.47 Å². The topological polar surface area (TPSA) is 72.2 Å². The Morgan fingerprint density at radius 1 is 1.11 bits per heavy atom. The molecule has 0 bridgehead atoms. The lowest BCUT2D eigenvalue weighted by atomic mass is 10.1. The number of nitrogens with zero attached hydrogens (tertiary/aromatic N) is 5. The van der Waals surface area contributed by atoms with Gasteiger partial charge in [-0.2, -0.15) is 5.10 Å². The normalized spacial score (nSPS) is 16.7. The Bertz CT molecular complexity index is 1050. The van der Waals surface area contributed by atoms with Crippen molar-refractivity contribution >= 4 is 27.5 Å². The third-order valence-electron chi connectivity index (χ3n) is 5.06. The lowest BCUT2D eigenvalue weighted by Crippen LogP contribution is -2.48. The van der Waals surface area contributed by atoms with E-state index in [2.05, 4.69) is 37.0 Å². The summed E-state index contributed by atoms with van der Waals surface area (Å²) in [6.07, 6.45) is 5.07. The van der Waals surface area contributed by atoms with E-state index in [0.29, 0.717) is 24.3 Å². The monoisotopic (exact) mass is 443 g/mol. The molecule has 1 saturated heterocycles. The number of carbonyl (C=O) groups is 1. The number of hydrogen-bond acceptors (Lipinski definition) is 6. The second-order valence-electron chi connectivity index (χ2n) is 6.85. The molecule has 0 saturated carbocycles. The van der Waals surface area contributed by atoms with Crippen LogP contribution < -0.4 is 9.47 Å². The maximum absolute atomic E-state index is 12.9. The summed E-state index contributed by atoms with van der Waals surface area (Å²) in [5, 5.41) is 4.24. The van der Waals surface area contributed by atoms with E-state index in [9.17, 15) is 4.79 Å². The van der Waals surface area contributed by atoms with Crippen molar-refractivity contribution in [2.45, 2.75) is 6.54 Å². The predicted molar refractivity (Wildman–Crippen MR) is 104 cm³/mol. The minimum Gasteiger partial charge on any atom is -0.454 e. The van der Waals surface area contributed by atoms with Crippen LogP contribution in [0.25, 0.3) is 5.65 Å². The van der Waals surface area contributed by atoms with Crippen molar-refractivity contribution in [2.75, 3.05) is 33.0 Å². The van der Waals surface area contributed by atoms with Gasteiger partial charge in [0, 0.05) is 45.1 Å². The molecule has 0 N–H and O–H groups in total. The number of rotatable bonds is 3. The first kappa shape index (κ1) is 17.4. The molecule has 3 aromatic rings. The molecule has 144 valence electrons. The smallest absolute Gasteiger partial charge is 0.259 e. The van der Waals surface area contributed by atoms with Crippen LogP contribution >= 0.6 is 15.9 Å². The number of halogens is 1. The molecular formula is C19H18BrN5O3. The van der Waals surface area contributed by atoms with Crippen LogP contribution in [0.2, 0.25) is 0 Å². The number of ether oxygens (including phenoxy) is 2. The largest absolute Gasteiger partial charge is 0.454 e. The van der Waals surface area contributed by atoms with E-state index in [0.717, 1.165) is 35.6 Å². The van der Waals surface area contributed by atoms with Gasteiger partial charge in [-0.1, -0.05) is 6.07 Å². The average molecular weight is 444 g/mol. The molecule has 0 atom stereocenters. The fourth-order valence-corrected chi connectivity index (χ4v) is 3.88. The first-order valence-electron chi connectivity index (χ1n) is 9.06. The molecule has 1 aromatic carbocycles. The molecule has 0 spiro atoms. The highest BCUT2D eigenvalue weighted by molar-refractivity contribution is 9.10. The van der Waals surface area contributed by atoms with Crippen molar-refractivity contribution < 1.29 is 14.3 Å². The van der Waals surface area contributed by atoms with Crippen molar-refractivity contribution in [1.82, 2.24) is 24.4 Å². The van der Waals surface area contributed by atoms with Gasteiger partial charge in [0.2, 0.25) is 6.79 Å². The molecule has 5 rings (SSSR count). The number of benzene rings is 1. The fraction of sp³-hybridized carbons (Fsp3) is 0.316. The van der Waals surface area contributed by atoms with Crippen molar-refractivity contribution in [3.8, 4) is 11.5 Å². The van der Waals surface area contributed by atoms with Gasteiger partial charge in [-0.3, -0.25) is 9.69 Å². The zero-order valence-electron chi connectivity index (χ0n) is 15.0. The highest BCUT2D eigenvalue weighted by Gasteiger charge is 2.25. The number of carbonyl (C=O) groups excluding carboxylic acids is 1. The fourth-order valence-electron chi connectivity index (χ4n) is 3.58. The zero-order chi connectivity index (χ0) is 19.1. The quantitative estimate of drug-likeness (QED) is 0.617. The first-order valence-corrected chi connectivity index (χ1v) is 9.86. The van der Waals surface area contributed by atoms with Crippen LogP contribution in [0.4, 0.5) is 0 Å². The van der Waals surface area contributed by atoms with Gasteiger partial charge >= 0.3 is 0 Å². The first-order chi connectivity index (χ1) is 13.7. The van der Waals surface area contributed by atoms with Crippen LogP contribution in [0.3, 0.4) is 0 Å². The van der Waals surface area contributed by atoms with Gasteiger partial charge in [-0.25, -0.2) is 9.50 Å². The van der Waals surface area contributed by atoms with Crippen molar-refractivity contribution in [1.29, 1.82) is 0 Å². The Balaban J connectivity index is 1.23. The summed E-state index contributed by atoms with van der Waals surface area (Å²) in [4.78, 5) is 21.5. The SMILES string of the molecule is O=C(c1cnn2cc(Br)cnc12)N1CCN(Cc2ccc3c(c2)OCO3)CC1. The standard InChI is InChI=1S/C19H18BrN5O3/c20-14-8-21-18-15(9-22-25(18)11-14)19(26)24-5-3-23(4-6-24)10-13-1-2-16-17(7-13)28-12-27-16/h1-2,7-9,11H,3-6,10,12H2. The van der Waals surface area contributed by atoms with Gasteiger partial charge < -0.3 is 14.4 Å². The van der Waals surface area contributed by atoms with Gasteiger partial charge in [0.15, 0.2) is 17.1 Å². The summed E-state index contributed by atoms with van der Waals surface area (Å²) >= 11 is 3.37. The van der Waals surface area contributed by atoms with E-state index in [1.807, 2.05) is 17.0 Å². The maximum atomic E-state index is 12.9. The number of amides is 1. The van der Waals surface area contributed by atoms with Gasteiger partial charge in [0.1, 0.15) is 5.56 Å². The van der Waals surface area contributed by atoms with Crippen LogP contribution in [0, 0.1) is 0 Å². The summed E-state index contributed by atoms with van der Waals surface area (Å²) in [5.74, 6) is 1.58. The summed E-state index contributed by atoms with van der Waals surface area (Å²) < 4.78 is 13.2. The third-order valence-corrected chi connectivity index (χ3v) is 5.47. The maximum Gasteiger partial charge on any atom is 0.259 e. The molecule has 0 aliphatic carbocycles. The number of hydrogen-bond donors (Lipinski definition) is 0. The average Bonchev–Trinajstić information content (AvgIpc) is 3.34. The molecule has 9 heteroatoms. The van der Waals surface area contributed by atoms with E-state index in [-0.39, 0.29) is 12.7 Å². The van der Waals surface area contributed by atoms with Gasteiger partial charge in [0.25, 0.3) is 5.91 Å². The number of piperazine rings is 1. The van der Waals surface area contributed by atoms with Crippen molar-refractivity contribution in [2.24, 2.45) is 0 Å². The molecule has 28 heavy (non-hydrogen) atoms. The summed E-state index contributed by atoms with van der Waals surface area (Å²) in [5.41, 5.74) is 2.30. The second-order valence-corrected chi connectivity index (χ2v) is 7.77. The molecule has 4 heterocycles. The Labute approximate surface area is 169 Å². The molecule has 2 aromatic heterocycles. The van der Waals surface area contributed by atoms with E-state index in [1.165, 1.54) is 5.56 Å². The lowest BCUT2D eigenvalue weighted by molar-refractivity contribution is 0.0630. The minimum atomic E-state index is -0.0208. The molecule has 0 unspecified atom stereocenters. The molecule has 2 aliphatic rings. The van der Waals surface area contributed by atoms with Crippen LogP contribution in [0.1, 0.15) is 15.9 Å².